The van der Waals surface area contributed by atoms with E-state index in [0.29, 0.717) is 33.8 Å². The number of methoxy groups -OCH3 is 1. The molecule has 0 aliphatic heterocycles. The van der Waals surface area contributed by atoms with Crippen molar-refractivity contribution in [1.29, 1.82) is 0 Å². The third-order valence-corrected chi connectivity index (χ3v) is 4.47. The highest BCUT2D eigenvalue weighted by molar-refractivity contribution is 7.22. The number of hydrogen-bond acceptors (Lipinski definition) is 5. The number of fused-ring (bicyclic) bond motifs is 1. The first kappa shape index (κ1) is 16.5. The van der Waals surface area contributed by atoms with Crippen molar-refractivity contribution in [2.24, 2.45) is 0 Å². The van der Waals surface area contributed by atoms with Crippen molar-refractivity contribution in [1.82, 2.24) is 4.98 Å². The molecule has 0 bridgehead atoms. The zero-order valence-electron chi connectivity index (χ0n) is 13.1. The fraction of sp³-hybridized carbons (Fsp3) is 0.176. The van der Waals surface area contributed by atoms with E-state index in [1.54, 1.807) is 24.3 Å². The summed E-state index contributed by atoms with van der Waals surface area (Å²) in [4.78, 5) is 16.8. The summed E-state index contributed by atoms with van der Waals surface area (Å²) in [6, 6.07) is 10.5. The monoisotopic (exact) mass is 362 g/mol. The van der Waals surface area contributed by atoms with Crippen LogP contribution in [-0.2, 0) is 0 Å². The molecule has 0 aliphatic carbocycles. The van der Waals surface area contributed by atoms with Crippen LogP contribution in [-0.4, -0.2) is 24.6 Å². The van der Waals surface area contributed by atoms with Crippen LogP contribution >= 0.6 is 22.9 Å². The molecule has 0 radical (unpaired) electrons. The molecule has 1 aromatic heterocycles. The van der Waals surface area contributed by atoms with Gasteiger partial charge in [0.2, 0.25) is 0 Å². The Morgan fingerprint density at radius 1 is 1.25 bits per heavy atom. The third-order valence-electron chi connectivity index (χ3n) is 3.30. The lowest BCUT2D eigenvalue weighted by Gasteiger charge is -2.10. The number of amides is 1. The van der Waals surface area contributed by atoms with E-state index in [1.165, 1.54) is 18.4 Å². The number of thiazole rings is 1. The number of carbonyl (C=O) groups is 1. The molecule has 2 aromatic carbocycles. The predicted octanol–water partition coefficient (Wildman–Crippen LogP) is 4.61. The Labute approximate surface area is 148 Å². The maximum Gasteiger partial charge on any atom is 0.257 e. The Morgan fingerprint density at radius 2 is 2.08 bits per heavy atom. The van der Waals surface area contributed by atoms with Crippen molar-refractivity contribution in [2.45, 2.75) is 6.92 Å². The largest absolute Gasteiger partial charge is 0.493 e. The van der Waals surface area contributed by atoms with Crippen LogP contribution in [0, 0.1) is 0 Å². The molecule has 124 valence electrons. The molecule has 0 saturated carbocycles. The van der Waals surface area contributed by atoms with Gasteiger partial charge in [-0.25, -0.2) is 4.98 Å². The summed E-state index contributed by atoms with van der Waals surface area (Å²) in [7, 11) is 1.54. The molecule has 0 unspecified atom stereocenters. The average molecular weight is 363 g/mol. The highest BCUT2D eigenvalue weighted by Gasteiger charge is 2.13. The van der Waals surface area contributed by atoms with Crippen LogP contribution < -0.4 is 14.8 Å². The number of ether oxygens (including phenoxy) is 2. The van der Waals surface area contributed by atoms with Crippen molar-refractivity contribution in [3.05, 3.63) is 47.0 Å². The molecule has 0 fully saturated rings. The minimum Gasteiger partial charge on any atom is -0.493 e. The second kappa shape index (κ2) is 7.07. The molecule has 0 aliphatic rings. The minimum absolute atomic E-state index is 0.262. The van der Waals surface area contributed by atoms with Crippen molar-refractivity contribution in [3.8, 4) is 11.5 Å². The second-order valence-electron chi connectivity index (χ2n) is 4.88. The van der Waals surface area contributed by atoms with Gasteiger partial charge in [-0.15, -0.1) is 0 Å². The normalized spacial score (nSPS) is 10.6. The van der Waals surface area contributed by atoms with Crippen molar-refractivity contribution < 1.29 is 14.3 Å². The number of anilines is 1. The summed E-state index contributed by atoms with van der Waals surface area (Å²) >= 11 is 7.34. The highest BCUT2D eigenvalue weighted by Crippen LogP contribution is 2.30. The van der Waals surface area contributed by atoms with E-state index in [1.807, 2.05) is 19.1 Å². The van der Waals surface area contributed by atoms with Crippen LogP contribution in [0.15, 0.2) is 36.4 Å². The highest BCUT2D eigenvalue weighted by atomic mass is 35.5. The molecular formula is C17H15ClN2O3S. The first-order valence-electron chi connectivity index (χ1n) is 7.29. The lowest BCUT2D eigenvalue weighted by atomic mass is 10.2. The van der Waals surface area contributed by atoms with E-state index in [9.17, 15) is 4.79 Å². The van der Waals surface area contributed by atoms with Gasteiger partial charge in [0.25, 0.3) is 5.91 Å². The molecule has 0 saturated heterocycles. The number of nitrogens with zero attached hydrogens (tertiary/aromatic N) is 1. The number of carbonyl (C=O) groups excluding carboxylic acids is 1. The Morgan fingerprint density at radius 3 is 2.83 bits per heavy atom. The number of aromatic nitrogens is 1. The van der Waals surface area contributed by atoms with Gasteiger partial charge in [-0.1, -0.05) is 22.9 Å². The Hall–Kier alpha value is -2.31. The van der Waals surface area contributed by atoms with Gasteiger partial charge in [-0.2, -0.15) is 0 Å². The molecule has 1 amide bonds. The molecule has 7 heteroatoms. The lowest BCUT2D eigenvalue weighted by molar-refractivity contribution is 0.102. The second-order valence-corrected chi connectivity index (χ2v) is 6.35. The van der Waals surface area contributed by atoms with Crippen LogP contribution in [0.2, 0.25) is 5.02 Å². The first-order valence-corrected chi connectivity index (χ1v) is 8.48. The third kappa shape index (κ3) is 3.44. The molecule has 0 atom stereocenters. The Balaban J connectivity index is 1.83. The average Bonchev–Trinajstić information content (AvgIpc) is 2.96. The zero-order valence-corrected chi connectivity index (χ0v) is 14.7. The fourth-order valence-corrected chi connectivity index (χ4v) is 3.34. The lowest BCUT2D eigenvalue weighted by Crippen LogP contribution is -2.12. The maximum atomic E-state index is 12.4. The summed E-state index contributed by atoms with van der Waals surface area (Å²) in [6.07, 6.45) is 0. The van der Waals surface area contributed by atoms with E-state index >= 15 is 0 Å². The van der Waals surface area contributed by atoms with Gasteiger partial charge < -0.3 is 9.47 Å². The van der Waals surface area contributed by atoms with Gasteiger partial charge >= 0.3 is 0 Å². The molecule has 5 nitrogen and oxygen atoms in total. The van der Waals surface area contributed by atoms with Crippen molar-refractivity contribution in [2.75, 3.05) is 19.0 Å². The number of halogens is 1. The van der Waals surface area contributed by atoms with Gasteiger partial charge in [-0.05, 0) is 43.3 Å². The van der Waals surface area contributed by atoms with Crippen molar-refractivity contribution >= 4 is 44.2 Å². The Kier molecular flexibility index (Phi) is 4.87. The fourth-order valence-electron chi connectivity index (χ4n) is 2.20. The molecule has 0 spiro atoms. The summed E-state index contributed by atoms with van der Waals surface area (Å²) in [5.74, 6) is 0.855. The Bertz CT molecular complexity index is 895. The molecule has 3 rings (SSSR count). The standard InChI is InChI=1S/C17H15ClN2O3S/c1-3-23-13-7-4-10(8-14(13)22-2)16(21)20-17-19-12-6-5-11(18)9-15(12)24-17/h4-9H,3H2,1-2H3,(H,19,20,21). The van der Waals surface area contributed by atoms with Crippen LogP contribution in [0.3, 0.4) is 0 Å². The molecular weight excluding hydrogens is 348 g/mol. The molecule has 1 N–H and O–H groups in total. The number of hydrogen-bond donors (Lipinski definition) is 1. The number of nitrogens with one attached hydrogen (secondary N) is 1. The van der Waals surface area contributed by atoms with Crippen LogP contribution in [0.25, 0.3) is 10.2 Å². The van der Waals surface area contributed by atoms with Crippen molar-refractivity contribution in [3.63, 3.8) is 0 Å². The topological polar surface area (TPSA) is 60.5 Å². The quantitative estimate of drug-likeness (QED) is 0.720. The maximum absolute atomic E-state index is 12.4. The van der Waals surface area contributed by atoms with E-state index in [0.717, 1.165) is 10.2 Å². The first-order chi connectivity index (χ1) is 11.6. The van der Waals surface area contributed by atoms with Crippen LogP contribution in [0.1, 0.15) is 17.3 Å². The van der Waals surface area contributed by atoms with E-state index in [-0.39, 0.29) is 5.91 Å². The van der Waals surface area contributed by atoms with Crippen LogP contribution in [0.5, 0.6) is 11.5 Å². The summed E-state index contributed by atoms with van der Waals surface area (Å²) in [6.45, 7) is 2.41. The smallest absolute Gasteiger partial charge is 0.257 e. The van der Waals surface area contributed by atoms with Gasteiger partial charge in [0.15, 0.2) is 16.6 Å². The number of benzene rings is 2. The summed E-state index contributed by atoms with van der Waals surface area (Å²) in [5.41, 5.74) is 1.26. The SMILES string of the molecule is CCOc1ccc(C(=O)Nc2nc3ccc(Cl)cc3s2)cc1OC. The van der Waals surface area contributed by atoms with E-state index in [4.69, 9.17) is 21.1 Å². The van der Waals surface area contributed by atoms with E-state index < -0.39 is 0 Å². The predicted molar refractivity (Wildman–Crippen MR) is 96.7 cm³/mol. The van der Waals surface area contributed by atoms with Gasteiger partial charge in [0.05, 0.1) is 23.9 Å². The van der Waals surface area contributed by atoms with Gasteiger partial charge in [-0.3, -0.25) is 10.1 Å². The van der Waals surface area contributed by atoms with Gasteiger partial charge in [0.1, 0.15) is 0 Å². The number of rotatable bonds is 5. The van der Waals surface area contributed by atoms with E-state index in [2.05, 4.69) is 10.3 Å². The molecule has 24 heavy (non-hydrogen) atoms. The molecule has 1 heterocycles. The summed E-state index contributed by atoms with van der Waals surface area (Å²) in [5, 5.41) is 3.96. The zero-order chi connectivity index (χ0) is 17.1. The van der Waals surface area contributed by atoms with Crippen LogP contribution in [0.4, 0.5) is 5.13 Å². The van der Waals surface area contributed by atoms with Gasteiger partial charge in [0, 0.05) is 10.6 Å². The minimum atomic E-state index is -0.262. The summed E-state index contributed by atoms with van der Waals surface area (Å²) < 4.78 is 11.6. The molecule has 3 aromatic rings.